The fourth-order valence-corrected chi connectivity index (χ4v) is 1.81. The van der Waals surface area contributed by atoms with E-state index in [-0.39, 0.29) is 17.4 Å². The molecule has 104 valence electrons. The van der Waals surface area contributed by atoms with E-state index in [9.17, 15) is 9.18 Å². The second-order valence-electron chi connectivity index (χ2n) is 4.34. The Balaban J connectivity index is 2.12. The summed E-state index contributed by atoms with van der Waals surface area (Å²) in [4.78, 5) is 17.7. The summed E-state index contributed by atoms with van der Waals surface area (Å²) in [6.45, 7) is 0.304. The molecule has 3 N–H and O–H groups in total. The van der Waals surface area contributed by atoms with E-state index in [1.165, 1.54) is 17.0 Å². The molecule has 0 saturated heterocycles. The Morgan fingerprint density at radius 2 is 2.10 bits per heavy atom. The summed E-state index contributed by atoms with van der Waals surface area (Å²) in [7, 11) is 1.64. The summed E-state index contributed by atoms with van der Waals surface area (Å²) in [5, 5.41) is 0. The van der Waals surface area contributed by atoms with E-state index in [1.54, 1.807) is 37.4 Å². The first kappa shape index (κ1) is 14.0. The van der Waals surface area contributed by atoms with Gasteiger partial charge in [-0.25, -0.2) is 15.2 Å². The Labute approximate surface area is 116 Å². The molecule has 0 aliphatic heterocycles. The number of nitrogens with one attached hydrogen (secondary N) is 1. The van der Waals surface area contributed by atoms with Gasteiger partial charge in [0, 0.05) is 13.6 Å². The molecule has 0 aliphatic carbocycles. The van der Waals surface area contributed by atoms with Crippen molar-refractivity contribution >= 4 is 11.7 Å². The lowest BCUT2D eigenvalue weighted by Crippen LogP contribution is -2.27. The smallest absolute Gasteiger partial charge is 0.272 e. The highest BCUT2D eigenvalue weighted by molar-refractivity contribution is 5.92. The first-order valence-corrected chi connectivity index (χ1v) is 6.03. The second-order valence-corrected chi connectivity index (χ2v) is 4.34. The van der Waals surface area contributed by atoms with Crippen LogP contribution in [0.1, 0.15) is 16.1 Å². The quantitative estimate of drug-likeness (QED) is 0.658. The number of nitrogen functional groups attached to an aromatic ring is 1. The summed E-state index contributed by atoms with van der Waals surface area (Å²) >= 11 is 0. The van der Waals surface area contributed by atoms with E-state index in [4.69, 9.17) is 5.84 Å². The van der Waals surface area contributed by atoms with E-state index >= 15 is 0 Å². The van der Waals surface area contributed by atoms with Crippen molar-refractivity contribution in [3.8, 4) is 0 Å². The first-order chi connectivity index (χ1) is 9.60. The van der Waals surface area contributed by atoms with Crippen molar-refractivity contribution in [2.24, 2.45) is 5.84 Å². The molecule has 1 heterocycles. The molecule has 0 aliphatic rings. The van der Waals surface area contributed by atoms with Crippen LogP contribution >= 0.6 is 0 Å². The summed E-state index contributed by atoms with van der Waals surface area (Å²) in [5.41, 5.74) is 3.38. The van der Waals surface area contributed by atoms with Gasteiger partial charge in [0.2, 0.25) is 0 Å². The van der Waals surface area contributed by atoms with E-state index in [0.717, 1.165) is 0 Å². The van der Waals surface area contributed by atoms with E-state index < -0.39 is 0 Å². The zero-order valence-corrected chi connectivity index (χ0v) is 11.0. The number of hydrogen-bond donors (Lipinski definition) is 2. The van der Waals surface area contributed by atoms with Crippen molar-refractivity contribution in [2.45, 2.75) is 6.54 Å². The number of hydrogen-bond acceptors (Lipinski definition) is 4. The fourth-order valence-electron chi connectivity index (χ4n) is 1.81. The van der Waals surface area contributed by atoms with Crippen LogP contribution in [0.25, 0.3) is 0 Å². The molecule has 2 rings (SSSR count). The second kappa shape index (κ2) is 6.12. The maximum Gasteiger partial charge on any atom is 0.272 e. The molecule has 0 bridgehead atoms. The molecule has 0 spiro atoms. The number of amides is 1. The fraction of sp³-hybridized carbons (Fsp3) is 0.143. The molecular weight excluding hydrogens is 259 g/mol. The van der Waals surface area contributed by atoms with E-state index in [0.29, 0.717) is 17.9 Å². The number of halogens is 1. The van der Waals surface area contributed by atoms with Crippen LogP contribution in [0.4, 0.5) is 10.2 Å². The number of nitrogens with two attached hydrogens (primary N) is 1. The van der Waals surface area contributed by atoms with Gasteiger partial charge in [0.1, 0.15) is 17.3 Å². The summed E-state index contributed by atoms with van der Waals surface area (Å²) in [6, 6.07) is 11.1. The minimum Gasteiger partial charge on any atom is -0.336 e. The van der Waals surface area contributed by atoms with Crippen molar-refractivity contribution in [3.63, 3.8) is 0 Å². The van der Waals surface area contributed by atoms with Crippen molar-refractivity contribution < 1.29 is 9.18 Å². The molecule has 1 amide bonds. The van der Waals surface area contributed by atoms with Crippen LogP contribution in [0, 0.1) is 5.82 Å². The SMILES string of the molecule is CN(Cc1cccc(F)c1)C(=O)c1cccc(NN)n1. The molecule has 5 nitrogen and oxygen atoms in total. The standard InChI is InChI=1S/C14H15FN4O/c1-19(9-10-4-2-5-11(15)8-10)14(20)12-6-3-7-13(17-12)18-16/h2-8H,9,16H2,1H3,(H,17,18). The normalized spacial score (nSPS) is 10.2. The zero-order chi connectivity index (χ0) is 14.5. The molecule has 0 fully saturated rings. The van der Waals surface area contributed by atoms with Gasteiger partial charge in [0.25, 0.3) is 5.91 Å². The Kier molecular flexibility index (Phi) is 4.27. The Bertz CT molecular complexity index is 618. The largest absolute Gasteiger partial charge is 0.336 e. The van der Waals surface area contributed by atoms with Gasteiger partial charge in [0.15, 0.2) is 0 Å². The van der Waals surface area contributed by atoms with Gasteiger partial charge in [-0.05, 0) is 29.8 Å². The van der Waals surface area contributed by atoms with Crippen LogP contribution in [-0.4, -0.2) is 22.8 Å². The van der Waals surface area contributed by atoms with Crippen LogP contribution in [0.3, 0.4) is 0 Å². The van der Waals surface area contributed by atoms with Crippen molar-refractivity contribution in [2.75, 3.05) is 12.5 Å². The monoisotopic (exact) mass is 274 g/mol. The Morgan fingerprint density at radius 1 is 1.35 bits per heavy atom. The van der Waals surface area contributed by atoms with E-state index in [1.807, 2.05) is 0 Å². The van der Waals surface area contributed by atoms with Crippen LogP contribution in [0.2, 0.25) is 0 Å². The highest BCUT2D eigenvalue weighted by atomic mass is 19.1. The molecule has 1 aromatic carbocycles. The van der Waals surface area contributed by atoms with Crippen LogP contribution in [-0.2, 0) is 6.54 Å². The molecule has 2 aromatic rings. The highest BCUT2D eigenvalue weighted by Gasteiger charge is 2.14. The first-order valence-electron chi connectivity index (χ1n) is 6.03. The summed E-state index contributed by atoms with van der Waals surface area (Å²) in [5.74, 6) is 5.09. The number of rotatable bonds is 4. The maximum absolute atomic E-state index is 13.1. The predicted molar refractivity (Wildman–Crippen MR) is 74.2 cm³/mol. The third kappa shape index (κ3) is 3.30. The molecule has 1 aromatic heterocycles. The lowest BCUT2D eigenvalue weighted by atomic mass is 10.2. The number of hydrazine groups is 1. The van der Waals surface area contributed by atoms with E-state index in [2.05, 4.69) is 10.4 Å². The average Bonchev–Trinajstić information content (AvgIpc) is 2.46. The van der Waals surface area contributed by atoms with Gasteiger partial charge in [-0.2, -0.15) is 0 Å². The third-order valence-electron chi connectivity index (χ3n) is 2.77. The van der Waals surface area contributed by atoms with Crippen molar-refractivity contribution in [3.05, 3.63) is 59.5 Å². The van der Waals surface area contributed by atoms with Gasteiger partial charge < -0.3 is 10.3 Å². The topological polar surface area (TPSA) is 71.2 Å². The molecule has 6 heteroatoms. The number of nitrogens with zero attached hydrogens (tertiary/aromatic N) is 2. The van der Waals surface area contributed by atoms with Crippen LogP contribution in [0.5, 0.6) is 0 Å². The molecule has 0 atom stereocenters. The molecule has 0 unspecified atom stereocenters. The number of carbonyl (C=O) groups excluding carboxylic acids is 1. The van der Waals surface area contributed by atoms with Crippen molar-refractivity contribution in [1.82, 2.24) is 9.88 Å². The van der Waals surface area contributed by atoms with Gasteiger partial charge >= 0.3 is 0 Å². The Hall–Kier alpha value is -2.47. The lowest BCUT2D eigenvalue weighted by Gasteiger charge is -2.17. The van der Waals surface area contributed by atoms with Crippen LogP contribution in [0.15, 0.2) is 42.5 Å². The molecular formula is C14H15FN4O. The number of pyridine rings is 1. The third-order valence-corrected chi connectivity index (χ3v) is 2.77. The van der Waals surface area contributed by atoms with Gasteiger partial charge in [0.05, 0.1) is 0 Å². The Morgan fingerprint density at radius 3 is 2.80 bits per heavy atom. The summed E-state index contributed by atoms with van der Waals surface area (Å²) < 4.78 is 13.1. The summed E-state index contributed by atoms with van der Waals surface area (Å²) in [6.07, 6.45) is 0. The average molecular weight is 274 g/mol. The highest BCUT2D eigenvalue weighted by Crippen LogP contribution is 2.10. The predicted octanol–water partition coefficient (Wildman–Crippen LogP) is 1.78. The number of carbonyl (C=O) groups is 1. The van der Waals surface area contributed by atoms with Crippen LogP contribution < -0.4 is 11.3 Å². The lowest BCUT2D eigenvalue weighted by molar-refractivity contribution is 0.0779. The van der Waals surface area contributed by atoms with Gasteiger partial charge in [-0.15, -0.1) is 0 Å². The number of benzene rings is 1. The number of anilines is 1. The molecule has 0 radical (unpaired) electrons. The van der Waals surface area contributed by atoms with Gasteiger partial charge in [-0.3, -0.25) is 4.79 Å². The maximum atomic E-state index is 13.1. The van der Waals surface area contributed by atoms with Gasteiger partial charge in [-0.1, -0.05) is 18.2 Å². The molecule has 0 saturated carbocycles. The zero-order valence-electron chi connectivity index (χ0n) is 11.0. The van der Waals surface area contributed by atoms with Crippen molar-refractivity contribution in [1.29, 1.82) is 0 Å². The number of aromatic nitrogens is 1. The minimum absolute atomic E-state index is 0.258. The molecule has 20 heavy (non-hydrogen) atoms. The minimum atomic E-state index is -0.323.